The second-order valence-corrected chi connectivity index (χ2v) is 3.11. The van der Waals surface area contributed by atoms with E-state index in [9.17, 15) is 9.18 Å². The fraction of sp³-hybridized carbons (Fsp3) is 0.444. The van der Waals surface area contributed by atoms with Crippen LogP contribution in [0.1, 0.15) is 19.3 Å². The quantitative estimate of drug-likeness (QED) is 0.623. The Kier molecular flexibility index (Phi) is 3.48. The predicted molar refractivity (Wildman–Crippen MR) is 46.8 cm³/mol. The smallest absolute Gasteiger partial charge is 0.256 e. The van der Waals surface area contributed by atoms with E-state index in [2.05, 4.69) is 0 Å². The van der Waals surface area contributed by atoms with Gasteiger partial charge >= 0.3 is 0 Å². The molecule has 0 saturated carbocycles. The van der Waals surface area contributed by atoms with Crippen LogP contribution in [0.25, 0.3) is 0 Å². The molecule has 1 nitrogen and oxygen atoms in total. The van der Waals surface area contributed by atoms with Crippen molar-refractivity contribution in [2.45, 2.75) is 25.4 Å². The minimum Gasteiger partial charge on any atom is -0.278 e. The van der Waals surface area contributed by atoms with Crippen molar-refractivity contribution in [1.82, 2.24) is 0 Å². The van der Waals surface area contributed by atoms with Crippen LogP contribution >= 0.6 is 11.6 Å². The Morgan fingerprint density at radius 2 is 2.42 bits per heavy atom. The molecule has 1 aliphatic rings. The van der Waals surface area contributed by atoms with Crippen LogP contribution in [-0.2, 0) is 4.79 Å². The normalized spacial score (nSPS) is 18.7. The van der Waals surface area contributed by atoms with Gasteiger partial charge in [-0.15, -0.1) is 0 Å². The minimum absolute atomic E-state index is 0.110. The molecule has 0 amide bonds. The molecule has 0 bridgehead atoms. The van der Waals surface area contributed by atoms with Gasteiger partial charge in [0.25, 0.3) is 5.24 Å². The largest absolute Gasteiger partial charge is 0.278 e. The lowest BCUT2D eigenvalue weighted by Crippen LogP contribution is -2.09. The van der Waals surface area contributed by atoms with Gasteiger partial charge in [-0.05, 0) is 30.0 Å². The topological polar surface area (TPSA) is 17.1 Å². The summed E-state index contributed by atoms with van der Waals surface area (Å²) in [4.78, 5) is 10.4. The maximum atomic E-state index is 12.8. The molecule has 0 spiro atoms. The lowest BCUT2D eigenvalue weighted by Gasteiger charge is -2.07. The summed E-state index contributed by atoms with van der Waals surface area (Å²) in [5, 5.41) is -0.908. The number of allylic oxidation sites excluding steroid dienone is 4. The average molecular weight is 189 g/mol. The molecule has 66 valence electrons. The second kappa shape index (κ2) is 4.41. The van der Waals surface area contributed by atoms with Crippen molar-refractivity contribution >= 4 is 16.8 Å². The van der Waals surface area contributed by atoms with Gasteiger partial charge in [-0.2, -0.15) is 0 Å². The van der Waals surface area contributed by atoms with Crippen molar-refractivity contribution in [3.8, 4) is 0 Å². The molecule has 0 heterocycles. The second-order valence-electron chi connectivity index (χ2n) is 2.73. The Hall–Kier alpha value is -0.630. The van der Waals surface area contributed by atoms with Crippen LogP contribution in [0.5, 0.6) is 0 Å². The third-order valence-electron chi connectivity index (χ3n) is 1.73. The molecule has 0 saturated heterocycles. The number of carbonyl (C=O) groups excluding carboxylic acids is 1. The van der Waals surface area contributed by atoms with Crippen molar-refractivity contribution in [2.24, 2.45) is 0 Å². The molecule has 0 radical (unpaired) electrons. The van der Waals surface area contributed by atoms with Crippen LogP contribution in [-0.4, -0.2) is 11.4 Å². The molecule has 0 aromatic carbocycles. The summed E-state index contributed by atoms with van der Waals surface area (Å²) in [7, 11) is 0. The Morgan fingerprint density at radius 3 is 2.92 bits per heavy atom. The van der Waals surface area contributed by atoms with E-state index in [0.717, 1.165) is 18.4 Å². The monoisotopic (exact) mass is 188 g/mol. The lowest BCUT2D eigenvalue weighted by molar-refractivity contribution is -0.115. The number of rotatable bonds is 3. The van der Waals surface area contributed by atoms with Gasteiger partial charge in [-0.1, -0.05) is 18.2 Å². The summed E-state index contributed by atoms with van der Waals surface area (Å²) >= 11 is 4.98. The molecular formula is C9H10ClFO. The average Bonchev–Trinajstić information content (AvgIpc) is 2.06. The van der Waals surface area contributed by atoms with Crippen LogP contribution in [0, 0.1) is 0 Å². The third-order valence-corrected chi connectivity index (χ3v) is 1.97. The summed E-state index contributed by atoms with van der Waals surface area (Å²) in [5.74, 6) is 0. The van der Waals surface area contributed by atoms with E-state index in [0.29, 0.717) is 0 Å². The van der Waals surface area contributed by atoms with Crippen molar-refractivity contribution < 1.29 is 9.18 Å². The third kappa shape index (κ3) is 2.78. The van der Waals surface area contributed by atoms with E-state index < -0.39 is 11.4 Å². The van der Waals surface area contributed by atoms with Crippen LogP contribution in [0.4, 0.5) is 4.39 Å². The van der Waals surface area contributed by atoms with Gasteiger partial charge in [-0.25, -0.2) is 4.39 Å². The molecular weight excluding hydrogens is 179 g/mol. The zero-order valence-electron chi connectivity index (χ0n) is 6.59. The lowest BCUT2D eigenvalue weighted by atomic mass is 10.0. The van der Waals surface area contributed by atoms with E-state index in [1.807, 2.05) is 18.2 Å². The molecule has 0 aromatic heterocycles. The van der Waals surface area contributed by atoms with Crippen LogP contribution < -0.4 is 0 Å². The van der Waals surface area contributed by atoms with E-state index in [4.69, 9.17) is 11.6 Å². The first kappa shape index (κ1) is 9.46. The first-order valence-electron chi connectivity index (χ1n) is 3.89. The highest BCUT2D eigenvalue weighted by molar-refractivity contribution is 6.64. The number of hydrogen-bond acceptors (Lipinski definition) is 1. The molecule has 0 aromatic rings. The molecule has 3 heteroatoms. The standard InChI is InChI=1S/C9H10ClFO/c10-9(12)8(11)6-7-4-2-1-3-5-7/h2,4-5,8H,1,3,6H2. The number of alkyl halides is 1. The predicted octanol–water partition coefficient (Wildman–Crippen LogP) is 2.76. The Bertz CT molecular complexity index is 233. The van der Waals surface area contributed by atoms with Gasteiger partial charge in [0, 0.05) is 6.42 Å². The molecule has 0 aliphatic heterocycles. The van der Waals surface area contributed by atoms with Gasteiger partial charge in [-0.3, -0.25) is 4.79 Å². The minimum atomic E-state index is -1.55. The molecule has 12 heavy (non-hydrogen) atoms. The molecule has 0 N–H and O–H groups in total. The molecule has 1 aliphatic carbocycles. The van der Waals surface area contributed by atoms with Crippen molar-refractivity contribution in [3.63, 3.8) is 0 Å². The van der Waals surface area contributed by atoms with E-state index in [1.165, 1.54) is 0 Å². The number of halogens is 2. The number of carbonyl (C=O) groups is 1. The summed E-state index contributed by atoms with van der Waals surface area (Å²) < 4.78 is 12.8. The Morgan fingerprint density at radius 1 is 1.67 bits per heavy atom. The van der Waals surface area contributed by atoms with Gasteiger partial charge < -0.3 is 0 Å². The summed E-state index contributed by atoms with van der Waals surface area (Å²) in [6.07, 6.45) is 6.23. The van der Waals surface area contributed by atoms with E-state index in [1.54, 1.807) is 0 Å². The summed E-state index contributed by atoms with van der Waals surface area (Å²) in [6.45, 7) is 0. The van der Waals surface area contributed by atoms with Gasteiger partial charge in [0.1, 0.15) is 0 Å². The van der Waals surface area contributed by atoms with E-state index >= 15 is 0 Å². The number of hydrogen-bond donors (Lipinski definition) is 0. The SMILES string of the molecule is O=C(Cl)C(F)CC1=CCCC=C1. The first-order chi connectivity index (χ1) is 5.70. The maximum Gasteiger partial charge on any atom is 0.256 e. The molecule has 1 atom stereocenters. The van der Waals surface area contributed by atoms with Crippen molar-refractivity contribution in [3.05, 3.63) is 23.8 Å². The Labute approximate surface area is 75.9 Å². The maximum absolute atomic E-state index is 12.8. The fourth-order valence-electron chi connectivity index (χ4n) is 1.11. The highest BCUT2D eigenvalue weighted by atomic mass is 35.5. The first-order valence-corrected chi connectivity index (χ1v) is 4.27. The highest BCUT2D eigenvalue weighted by Gasteiger charge is 2.15. The van der Waals surface area contributed by atoms with E-state index in [-0.39, 0.29) is 6.42 Å². The van der Waals surface area contributed by atoms with Crippen molar-refractivity contribution in [1.29, 1.82) is 0 Å². The molecule has 0 fully saturated rings. The van der Waals surface area contributed by atoms with Crippen LogP contribution in [0.2, 0.25) is 0 Å². The molecule has 1 rings (SSSR count). The summed E-state index contributed by atoms with van der Waals surface area (Å²) in [6, 6.07) is 0. The van der Waals surface area contributed by atoms with Crippen LogP contribution in [0.15, 0.2) is 23.8 Å². The Balaban J connectivity index is 2.45. The van der Waals surface area contributed by atoms with Crippen LogP contribution in [0.3, 0.4) is 0 Å². The zero-order chi connectivity index (χ0) is 8.97. The highest BCUT2D eigenvalue weighted by Crippen LogP contribution is 2.17. The van der Waals surface area contributed by atoms with Crippen molar-refractivity contribution in [2.75, 3.05) is 0 Å². The zero-order valence-corrected chi connectivity index (χ0v) is 7.35. The van der Waals surface area contributed by atoms with Gasteiger partial charge in [0.15, 0.2) is 6.17 Å². The van der Waals surface area contributed by atoms with Gasteiger partial charge in [0.2, 0.25) is 0 Å². The molecule has 1 unspecified atom stereocenters. The fourth-order valence-corrected chi connectivity index (χ4v) is 1.18. The summed E-state index contributed by atoms with van der Waals surface area (Å²) in [5.41, 5.74) is 0.864. The van der Waals surface area contributed by atoms with Gasteiger partial charge in [0.05, 0.1) is 0 Å².